The number of hydrogen-bond acceptors (Lipinski definition) is 6. The molecule has 2 heterocycles. The van der Waals surface area contributed by atoms with Gasteiger partial charge in [-0.1, -0.05) is 88.1 Å². The predicted molar refractivity (Wildman–Crippen MR) is 184 cm³/mol. The molecule has 0 saturated heterocycles. The molecular formula is C40H36N2O6. The van der Waals surface area contributed by atoms with Crippen LogP contribution in [-0.4, -0.2) is 23.6 Å². The number of carbonyl (C=O) groups is 4. The van der Waals surface area contributed by atoms with Crippen molar-refractivity contribution in [2.45, 2.75) is 51.4 Å². The Hall–Kier alpha value is -5.76. The van der Waals surface area contributed by atoms with Gasteiger partial charge < -0.3 is 9.47 Å². The fourth-order valence-corrected chi connectivity index (χ4v) is 6.13. The minimum absolute atomic E-state index is 0.319. The maximum absolute atomic E-state index is 12.3. The van der Waals surface area contributed by atoms with Crippen molar-refractivity contribution in [3.05, 3.63) is 132 Å². The van der Waals surface area contributed by atoms with Crippen LogP contribution in [0.25, 0.3) is 0 Å². The van der Waals surface area contributed by atoms with E-state index in [9.17, 15) is 19.2 Å². The highest BCUT2D eigenvalue weighted by Crippen LogP contribution is 2.41. The first-order valence-electron chi connectivity index (χ1n) is 16.2. The van der Waals surface area contributed by atoms with Gasteiger partial charge in [-0.25, -0.2) is 9.80 Å². The molecule has 0 bridgehead atoms. The van der Waals surface area contributed by atoms with Gasteiger partial charge in [0.1, 0.15) is 11.5 Å². The Labute approximate surface area is 279 Å². The van der Waals surface area contributed by atoms with Crippen LogP contribution < -0.4 is 19.3 Å². The topological polar surface area (TPSA) is 93.2 Å². The van der Waals surface area contributed by atoms with Crippen molar-refractivity contribution in [3.63, 3.8) is 0 Å². The summed E-state index contributed by atoms with van der Waals surface area (Å²) in [5, 5.41) is 0. The Morgan fingerprint density at radius 1 is 0.521 bits per heavy atom. The smallest absolute Gasteiger partial charge is 0.258 e. The molecule has 0 aromatic heterocycles. The Kier molecular flexibility index (Phi) is 9.34. The van der Waals surface area contributed by atoms with Crippen LogP contribution in [0.1, 0.15) is 57.1 Å². The van der Waals surface area contributed by atoms with E-state index < -0.39 is 23.6 Å². The van der Waals surface area contributed by atoms with E-state index in [0.717, 1.165) is 46.6 Å². The predicted octanol–water partition coefficient (Wildman–Crippen LogP) is 8.41. The summed E-state index contributed by atoms with van der Waals surface area (Å²) >= 11 is 0. The summed E-state index contributed by atoms with van der Waals surface area (Å²) in [6, 6.07) is 29.8. The number of nitrogens with zero attached hydrogens (tertiary/aromatic N) is 2. The van der Waals surface area contributed by atoms with Gasteiger partial charge >= 0.3 is 0 Å². The molecule has 2 aliphatic heterocycles. The second-order valence-corrected chi connectivity index (χ2v) is 12.0. The van der Waals surface area contributed by atoms with Crippen LogP contribution in [-0.2, 0) is 24.6 Å². The fourth-order valence-electron chi connectivity index (χ4n) is 6.13. The third kappa shape index (κ3) is 6.55. The molecule has 0 saturated carbocycles. The molecule has 0 unspecified atom stereocenters. The van der Waals surface area contributed by atoms with E-state index in [-0.39, 0.29) is 5.41 Å². The van der Waals surface area contributed by atoms with Gasteiger partial charge in [0, 0.05) is 29.7 Å². The average molecular weight is 641 g/mol. The lowest BCUT2D eigenvalue weighted by Crippen LogP contribution is -2.29. The normalized spacial score (nSPS) is 14.4. The standard InChI is InChI=1S/C40H36N2O6/c1-3-4-5-10-27-40(2,28-15-19-30(20-16-28)47-34-13-8-6-11-32(34)41-36(43)23-24-37(41)44)29-17-21-31(22-18-29)48-35-14-9-7-12-33(35)42-38(45)25-26-39(42)46/h6-9,11-26H,3-5,10,27H2,1-2H3. The molecule has 242 valence electrons. The first-order chi connectivity index (χ1) is 23.3. The first-order valence-corrected chi connectivity index (χ1v) is 16.2. The van der Waals surface area contributed by atoms with Crippen molar-refractivity contribution in [2.24, 2.45) is 0 Å². The van der Waals surface area contributed by atoms with Gasteiger partial charge in [-0.15, -0.1) is 0 Å². The molecule has 4 aromatic carbocycles. The first kappa shape index (κ1) is 32.2. The molecule has 6 rings (SSSR count). The number of imide groups is 2. The summed E-state index contributed by atoms with van der Waals surface area (Å²) in [4.78, 5) is 51.6. The molecular weight excluding hydrogens is 604 g/mol. The summed E-state index contributed by atoms with van der Waals surface area (Å²) in [5.74, 6) is 0.368. The van der Waals surface area contributed by atoms with Crippen LogP contribution in [0.15, 0.2) is 121 Å². The highest BCUT2D eigenvalue weighted by Gasteiger charge is 2.31. The van der Waals surface area contributed by atoms with Crippen LogP contribution in [0, 0.1) is 0 Å². The second kappa shape index (κ2) is 13.9. The Bertz CT molecular complexity index is 1740. The minimum atomic E-state index is -0.403. The summed E-state index contributed by atoms with van der Waals surface area (Å²) in [5.41, 5.74) is 2.70. The van der Waals surface area contributed by atoms with Crippen LogP contribution in [0.3, 0.4) is 0 Å². The Morgan fingerprint density at radius 2 is 0.917 bits per heavy atom. The van der Waals surface area contributed by atoms with E-state index in [2.05, 4.69) is 38.1 Å². The third-order valence-electron chi connectivity index (χ3n) is 8.80. The molecule has 0 radical (unpaired) electrons. The number of ether oxygens (including phenoxy) is 2. The van der Waals surface area contributed by atoms with E-state index in [1.807, 2.05) is 24.3 Å². The SMILES string of the molecule is CCCCCCC(C)(c1ccc(Oc2ccccc2N2C(=O)C=CC2=O)cc1)c1ccc(Oc2ccccc2N2C(=O)C=CC2=O)cc1. The molecule has 0 fully saturated rings. The summed E-state index contributed by atoms with van der Waals surface area (Å²) in [6.07, 6.45) is 10.4. The maximum Gasteiger partial charge on any atom is 0.258 e. The molecule has 0 aliphatic carbocycles. The average Bonchev–Trinajstić information content (AvgIpc) is 3.62. The van der Waals surface area contributed by atoms with Crippen LogP contribution >= 0.6 is 0 Å². The van der Waals surface area contributed by atoms with Crippen molar-refractivity contribution in [1.29, 1.82) is 0 Å². The number of anilines is 2. The molecule has 8 heteroatoms. The zero-order valence-electron chi connectivity index (χ0n) is 26.9. The summed E-state index contributed by atoms with van der Waals surface area (Å²) < 4.78 is 12.4. The van der Waals surface area contributed by atoms with Gasteiger partial charge in [0.2, 0.25) is 0 Å². The highest BCUT2D eigenvalue weighted by atomic mass is 16.5. The van der Waals surface area contributed by atoms with Crippen LogP contribution in [0.4, 0.5) is 11.4 Å². The zero-order chi connectivity index (χ0) is 33.7. The minimum Gasteiger partial charge on any atom is -0.455 e. The third-order valence-corrected chi connectivity index (χ3v) is 8.80. The Balaban J connectivity index is 1.24. The number of hydrogen-bond donors (Lipinski definition) is 0. The van der Waals surface area contributed by atoms with E-state index in [1.54, 1.807) is 48.5 Å². The van der Waals surface area contributed by atoms with E-state index in [0.29, 0.717) is 34.4 Å². The van der Waals surface area contributed by atoms with Crippen LogP contribution in [0.5, 0.6) is 23.0 Å². The van der Waals surface area contributed by atoms with E-state index in [4.69, 9.17) is 9.47 Å². The monoisotopic (exact) mass is 640 g/mol. The molecule has 8 nitrogen and oxygen atoms in total. The lowest BCUT2D eigenvalue weighted by atomic mass is 9.72. The van der Waals surface area contributed by atoms with Gasteiger partial charge in [0.25, 0.3) is 23.6 Å². The summed E-state index contributed by atoms with van der Waals surface area (Å²) in [6.45, 7) is 4.44. The molecule has 4 amide bonds. The van der Waals surface area contributed by atoms with Crippen molar-refractivity contribution in [3.8, 4) is 23.0 Å². The quantitative estimate of drug-likeness (QED) is 0.108. The number of amides is 4. The number of carbonyl (C=O) groups excluding carboxylic acids is 4. The number of para-hydroxylation sites is 4. The molecule has 4 aromatic rings. The van der Waals surface area contributed by atoms with E-state index >= 15 is 0 Å². The van der Waals surface area contributed by atoms with Crippen molar-refractivity contribution >= 4 is 35.0 Å². The van der Waals surface area contributed by atoms with Gasteiger partial charge in [0.05, 0.1) is 11.4 Å². The van der Waals surface area contributed by atoms with Gasteiger partial charge in [-0.2, -0.15) is 0 Å². The molecule has 0 N–H and O–H groups in total. The van der Waals surface area contributed by atoms with Gasteiger partial charge in [0.15, 0.2) is 11.5 Å². The van der Waals surface area contributed by atoms with Gasteiger partial charge in [-0.3, -0.25) is 19.2 Å². The largest absolute Gasteiger partial charge is 0.455 e. The van der Waals surface area contributed by atoms with Gasteiger partial charge in [-0.05, 0) is 66.1 Å². The molecule has 48 heavy (non-hydrogen) atoms. The fraction of sp³-hybridized carbons (Fsp3) is 0.200. The van der Waals surface area contributed by atoms with E-state index in [1.165, 1.54) is 30.7 Å². The molecule has 0 atom stereocenters. The lowest BCUT2D eigenvalue weighted by Gasteiger charge is -2.32. The van der Waals surface area contributed by atoms with Crippen LogP contribution in [0.2, 0.25) is 0 Å². The number of rotatable bonds is 13. The lowest BCUT2D eigenvalue weighted by molar-refractivity contribution is -0.121. The maximum atomic E-state index is 12.3. The van der Waals surface area contributed by atoms with Crippen molar-refractivity contribution in [2.75, 3.05) is 9.80 Å². The molecule has 0 spiro atoms. The molecule has 2 aliphatic rings. The zero-order valence-corrected chi connectivity index (χ0v) is 26.9. The van der Waals surface area contributed by atoms with Crippen molar-refractivity contribution in [1.82, 2.24) is 0 Å². The number of benzene rings is 4. The summed E-state index contributed by atoms with van der Waals surface area (Å²) in [7, 11) is 0. The second-order valence-electron chi connectivity index (χ2n) is 12.0. The Morgan fingerprint density at radius 3 is 1.31 bits per heavy atom. The number of unbranched alkanes of at least 4 members (excludes halogenated alkanes) is 3. The highest BCUT2D eigenvalue weighted by molar-refractivity contribution is 6.29. The van der Waals surface area contributed by atoms with Crippen molar-refractivity contribution < 1.29 is 28.7 Å².